The lowest BCUT2D eigenvalue weighted by molar-refractivity contribution is -0.154. The molecule has 1 aromatic carbocycles. The Hall–Kier alpha value is -2.97. The Bertz CT molecular complexity index is 765. The molecule has 0 saturated carbocycles. The van der Waals surface area contributed by atoms with Crippen LogP contribution < -0.4 is 19.5 Å². The number of nitrogens with one attached hydrogen (secondary N) is 1. The Labute approximate surface area is 146 Å². The van der Waals surface area contributed by atoms with Crippen molar-refractivity contribution in [3.8, 4) is 17.4 Å². The zero-order valence-electron chi connectivity index (χ0n) is 13.5. The molecular formula is C17H15F3N2O4. The minimum absolute atomic E-state index is 0.196. The van der Waals surface area contributed by atoms with Gasteiger partial charge in [-0.05, 0) is 18.2 Å². The van der Waals surface area contributed by atoms with E-state index in [1.165, 1.54) is 12.1 Å². The van der Waals surface area contributed by atoms with Crippen LogP contribution in [0.1, 0.15) is 10.4 Å². The Morgan fingerprint density at radius 3 is 2.69 bits per heavy atom. The fraction of sp³-hybridized carbons (Fsp3) is 0.294. The van der Waals surface area contributed by atoms with Crippen LogP contribution in [0.2, 0.25) is 0 Å². The van der Waals surface area contributed by atoms with Crippen molar-refractivity contribution < 1.29 is 32.2 Å². The summed E-state index contributed by atoms with van der Waals surface area (Å²) in [6.07, 6.45) is -3.65. The van der Waals surface area contributed by atoms with Gasteiger partial charge in [0.2, 0.25) is 5.88 Å². The first-order chi connectivity index (χ1) is 12.4. The molecule has 2 aromatic rings. The van der Waals surface area contributed by atoms with Gasteiger partial charge in [0.25, 0.3) is 5.91 Å². The molecule has 1 aliphatic rings. The summed E-state index contributed by atoms with van der Waals surface area (Å²) in [6, 6.07) is 9.75. The monoisotopic (exact) mass is 368 g/mol. The van der Waals surface area contributed by atoms with Crippen molar-refractivity contribution in [2.24, 2.45) is 0 Å². The molecule has 138 valence electrons. The number of alkyl halides is 3. The normalized spacial score (nSPS) is 16.0. The van der Waals surface area contributed by atoms with Crippen LogP contribution in [-0.2, 0) is 0 Å². The average Bonchev–Trinajstić information content (AvgIpc) is 2.64. The van der Waals surface area contributed by atoms with Gasteiger partial charge in [0.1, 0.15) is 12.7 Å². The number of nitrogens with zero attached hydrogens (tertiary/aromatic N) is 1. The van der Waals surface area contributed by atoms with Crippen LogP contribution in [0.3, 0.4) is 0 Å². The van der Waals surface area contributed by atoms with Crippen LogP contribution in [0, 0.1) is 0 Å². The molecule has 1 atom stereocenters. The third-order valence-electron chi connectivity index (χ3n) is 3.44. The minimum atomic E-state index is -4.45. The van der Waals surface area contributed by atoms with Gasteiger partial charge in [-0.25, -0.2) is 4.98 Å². The first kappa shape index (κ1) is 17.8. The molecule has 0 saturated heterocycles. The summed E-state index contributed by atoms with van der Waals surface area (Å²) in [5, 5.41) is 2.67. The Morgan fingerprint density at radius 1 is 1.23 bits per heavy atom. The van der Waals surface area contributed by atoms with Crippen molar-refractivity contribution in [1.82, 2.24) is 10.3 Å². The van der Waals surface area contributed by atoms with E-state index in [9.17, 15) is 18.0 Å². The van der Waals surface area contributed by atoms with E-state index in [0.717, 1.165) is 6.20 Å². The van der Waals surface area contributed by atoms with Crippen molar-refractivity contribution in [3.05, 3.63) is 48.2 Å². The smallest absolute Gasteiger partial charge is 0.422 e. The van der Waals surface area contributed by atoms with E-state index < -0.39 is 18.7 Å². The van der Waals surface area contributed by atoms with E-state index >= 15 is 0 Å². The van der Waals surface area contributed by atoms with E-state index in [1.54, 1.807) is 12.1 Å². The number of halogens is 3. The van der Waals surface area contributed by atoms with Crippen molar-refractivity contribution in [2.45, 2.75) is 12.3 Å². The highest BCUT2D eigenvalue weighted by molar-refractivity contribution is 5.93. The number of fused-ring (bicyclic) bond motifs is 1. The molecule has 6 nitrogen and oxygen atoms in total. The van der Waals surface area contributed by atoms with Crippen LogP contribution in [-0.4, -0.2) is 42.9 Å². The molecule has 3 rings (SSSR count). The molecule has 1 amide bonds. The summed E-state index contributed by atoms with van der Waals surface area (Å²) in [5.41, 5.74) is 0.196. The molecule has 0 bridgehead atoms. The van der Waals surface area contributed by atoms with E-state index in [1.807, 2.05) is 12.1 Å². The maximum atomic E-state index is 12.1. The molecule has 0 aliphatic carbocycles. The second kappa shape index (κ2) is 7.51. The van der Waals surface area contributed by atoms with E-state index in [0.29, 0.717) is 18.1 Å². The van der Waals surface area contributed by atoms with Crippen molar-refractivity contribution in [3.63, 3.8) is 0 Å². The topological polar surface area (TPSA) is 69.7 Å². The maximum Gasteiger partial charge on any atom is 0.422 e. The lowest BCUT2D eigenvalue weighted by Gasteiger charge is -2.26. The van der Waals surface area contributed by atoms with E-state index in [-0.39, 0.29) is 24.1 Å². The summed E-state index contributed by atoms with van der Waals surface area (Å²) in [7, 11) is 0. The van der Waals surface area contributed by atoms with Gasteiger partial charge < -0.3 is 19.5 Å². The number of benzene rings is 1. The first-order valence-corrected chi connectivity index (χ1v) is 7.73. The molecule has 26 heavy (non-hydrogen) atoms. The fourth-order valence-corrected chi connectivity index (χ4v) is 2.23. The van der Waals surface area contributed by atoms with Crippen molar-refractivity contribution in [2.75, 3.05) is 19.8 Å². The number of para-hydroxylation sites is 2. The minimum Gasteiger partial charge on any atom is -0.486 e. The van der Waals surface area contributed by atoms with Gasteiger partial charge in [-0.1, -0.05) is 12.1 Å². The summed E-state index contributed by atoms with van der Waals surface area (Å²) in [6.45, 7) is -0.939. The molecule has 0 unspecified atom stereocenters. The van der Waals surface area contributed by atoms with Crippen LogP contribution in [0.4, 0.5) is 13.2 Å². The second-order valence-electron chi connectivity index (χ2n) is 5.50. The number of pyridine rings is 1. The second-order valence-corrected chi connectivity index (χ2v) is 5.50. The van der Waals surface area contributed by atoms with Gasteiger partial charge in [-0.2, -0.15) is 13.2 Å². The molecule has 0 spiro atoms. The van der Waals surface area contributed by atoms with Crippen molar-refractivity contribution >= 4 is 5.91 Å². The van der Waals surface area contributed by atoms with Crippen LogP contribution >= 0.6 is 0 Å². The zero-order chi connectivity index (χ0) is 18.6. The van der Waals surface area contributed by atoms with Gasteiger partial charge >= 0.3 is 6.18 Å². The third kappa shape index (κ3) is 4.78. The van der Waals surface area contributed by atoms with Crippen molar-refractivity contribution in [1.29, 1.82) is 0 Å². The Morgan fingerprint density at radius 2 is 2.00 bits per heavy atom. The highest BCUT2D eigenvalue weighted by Crippen LogP contribution is 2.30. The number of hydrogen-bond donors (Lipinski definition) is 1. The Balaban J connectivity index is 1.49. The maximum absolute atomic E-state index is 12.1. The standard InChI is InChI=1S/C17H15F3N2O4/c18-17(19,20)10-25-15-6-5-11(7-21-15)16(23)22-8-12-9-24-13-3-1-2-4-14(13)26-12/h1-7,12H,8-10H2,(H,22,23)/t12-/m0/s1. The number of ether oxygens (including phenoxy) is 3. The molecular weight excluding hydrogens is 353 g/mol. The average molecular weight is 368 g/mol. The summed E-state index contributed by atoms with van der Waals surface area (Å²) < 4.78 is 52.0. The molecule has 1 N–H and O–H groups in total. The summed E-state index contributed by atoms with van der Waals surface area (Å²) in [5.74, 6) is 0.612. The lowest BCUT2D eigenvalue weighted by atomic mass is 10.2. The van der Waals surface area contributed by atoms with Gasteiger partial charge in [0, 0.05) is 12.3 Å². The number of carbonyl (C=O) groups is 1. The number of aromatic nitrogens is 1. The van der Waals surface area contributed by atoms with Gasteiger partial charge in [-0.3, -0.25) is 4.79 Å². The number of rotatable bonds is 5. The van der Waals surface area contributed by atoms with Gasteiger partial charge in [0.05, 0.1) is 12.1 Å². The number of carbonyl (C=O) groups excluding carboxylic acids is 1. The number of amides is 1. The number of hydrogen-bond acceptors (Lipinski definition) is 5. The molecule has 9 heteroatoms. The SMILES string of the molecule is O=C(NC[C@H]1COc2ccccc2O1)c1ccc(OCC(F)(F)F)nc1. The van der Waals surface area contributed by atoms with Gasteiger partial charge in [-0.15, -0.1) is 0 Å². The largest absolute Gasteiger partial charge is 0.486 e. The zero-order valence-corrected chi connectivity index (χ0v) is 13.5. The molecule has 0 fully saturated rings. The van der Waals surface area contributed by atoms with Gasteiger partial charge in [0.15, 0.2) is 18.1 Å². The molecule has 2 heterocycles. The molecule has 0 radical (unpaired) electrons. The highest BCUT2D eigenvalue weighted by atomic mass is 19.4. The van der Waals surface area contributed by atoms with Crippen LogP contribution in [0.25, 0.3) is 0 Å². The Kier molecular flexibility index (Phi) is 5.15. The van der Waals surface area contributed by atoms with Crippen LogP contribution in [0.5, 0.6) is 17.4 Å². The highest BCUT2D eigenvalue weighted by Gasteiger charge is 2.28. The predicted molar refractivity (Wildman–Crippen MR) is 84.5 cm³/mol. The first-order valence-electron chi connectivity index (χ1n) is 7.73. The van der Waals surface area contributed by atoms with E-state index in [4.69, 9.17) is 9.47 Å². The summed E-state index contributed by atoms with van der Waals surface area (Å²) >= 11 is 0. The van der Waals surface area contributed by atoms with E-state index in [2.05, 4.69) is 15.0 Å². The van der Waals surface area contributed by atoms with Crippen LogP contribution in [0.15, 0.2) is 42.6 Å². The molecule has 1 aromatic heterocycles. The fourth-order valence-electron chi connectivity index (χ4n) is 2.23. The lowest BCUT2D eigenvalue weighted by Crippen LogP contribution is -2.40. The molecule has 1 aliphatic heterocycles. The third-order valence-corrected chi connectivity index (χ3v) is 3.44. The predicted octanol–water partition coefficient (Wildman–Crippen LogP) is 2.59. The quantitative estimate of drug-likeness (QED) is 0.879. The summed E-state index contributed by atoms with van der Waals surface area (Å²) in [4.78, 5) is 15.8.